The van der Waals surface area contributed by atoms with Crippen molar-refractivity contribution in [3.8, 4) is 0 Å². The maximum atomic E-state index is 10.7. The molecule has 2 N–H and O–H groups in total. The fraction of sp³-hybridized carbons (Fsp3) is 0.556. The van der Waals surface area contributed by atoms with Crippen LogP contribution >= 0.6 is 23.1 Å². The summed E-state index contributed by atoms with van der Waals surface area (Å²) in [6.45, 7) is 11.3. The zero-order valence-corrected chi connectivity index (χ0v) is 23.3. The van der Waals surface area contributed by atoms with Crippen LogP contribution in [0.5, 0.6) is 0 Å². The van der Waals surface area contributed by atoms with Gasteiger partial charge in [-0.25, -0.2) is 9.97 Å². The molecule has 0 radical (unpaired) electrons. The first-order chi connectivity index (χ1) is 17.4. The minimum absolute atomic E-state index is 0.525. The third kappa shape index (κ3) is 8.15. The molecule has 1 amide bonds. The number of nitrogens with one attached hydrogen (secondary N) is 1. The number of amides is 1. The molecule has 2 fully saturated rings. The molecular weight excluding hydrogens is 490 g/mol. The van der Waals surface area contributed by atoms with E-state index in [0.717, 1.165) is 47.1 Å². The zero-order chi connectivity index (χ0) is 26.0. The molecule has 4 rings (SSSR count). The van der Waals surface area contributed by atoms with E-state index in [0.29, 0.717) is 16.3 Å². The number of rotatable bonds is 8. The van der Waals surface area contributed by atoms with Crippen LogP contribution in [-0.2, 0) is 4.79 Å². The van der Waals surface area contributed by atoms with Gasteiger partial charge in [-0.3, -0.25) is 9.79 Å². The molecule has 196 valence electrons. The van der Waals surface area contributed by atoms with Gasteiger partial charge < -0.3 is 15.3 Å². The Morgan fingerprint density at radius 3 is 2.67 bits per heavy atom. The van der Waals surface area contributed by atoms with Gasteiger partial charge in [0.15, 0.2) is 0 Å². The smallest absolute Gasteiger partial charge is 0.209 e. The van der Waals surface area contributed by atoms with Crippen molar-refractivity contribution in [1.82, 2.24) is 14.9 Å². The summed E-state index contributed by atoms with van der Waals surface area (Å²) in [6, 6.07) is 3.97. The second-order valence-electron chi connectivity index (χ2n) is 9.75. The number of aryl methyl sites for hydroxylation is 2. The van der Waals surface area contributed by atoms with Crippen molar-refractivity contribution in [1.29, 1.82) is 0 Å². The van der Waals surface area contributed by atoms with Crippen LogP contribution < -0.4 is 5.32 Å². The van der Waals surface area contributed by atoms with Crippen LogP contribution in [0.4, 0.5) is 5.82 Å². The molecule has 9 heteroatoms. The number of piperidine rings is 1. The van der Waals surface area contributed by atoms with Crippen LogP contribution in [0.1, 0.15) is 79.1 Å². The number of pyridine rings is 1. The Kier molecular flexibility index (Phi) is 10.9. The Balaban J connectivity index is 0.000000233. The molecule has 3 heterocycles. The fourth-order valence-corrected chi connectivity index (χ4v) is 6.57. The highest BCUT2D eigenvalue weighted by Gasteiger charge is 2.35. The summed E-state index contributed by atoms with van der Waals surface area (Å²) >= 11 is 3.02. The van der Waals surface area contributed by atoms with E-state index in [9.17, 15) is 9.90 Å². The Labute approximate surface area is 223 Å². The number of carbonyl (C=O) groups is 1. The third-order valence-electron chi connectivity index (χ3n) is 6.77. The van der Waals surface area contributed by atoms with Crippen LogP contribution in [0.2, 0.25) is 0 Å². The SMILES string of the molecule is C=N/C(=C\SCNc1ccc(C)cn1)c1sc(C(C)O)nc1C.O=CN1CCCC2(CCCCC2)C1. The van der Waals surface area contributed by atoms with Gasteiger partial charge in [0.05, 0.1) is 22.1 Å². The van der Waals surface area contributed by atoms with Gasteiger partial charge in [0.2, 0.25) is 6.41 Å². The van der Waals surface area contributed by atoms with Crippen LogP contribution in [0.25, 0.3) is 5.70 Å². The number of aliphatic imine (C=N–C) groups is 1. The summed E-state index contributed by atoms with van der Waals surface area (Å²) in [7, 11) is 0. The van der Waals surface area contributed by atoms with E-state index in [-0.39, 0.29) is 0 Å². The minimum atomic E-state index is -0.569. The number of anilines is 1. The van der Waals surface area contributed by atoms with Gasteiger partial charge in [-0.15, -0.1) is 23.1 Å². The maximum absolute atomic E-state index is 10.7. The highest BCUT2D eigenvalue weighted by atomic mass is 32.2. The van der Waals surface area contributed by atoms with Crippen molar-refractivity contribution in [3.05, 3.63) is 44.9 Å². The largest absolute Gasteiger partial charge is 0.386 e. The summed E-state index contributed by atoms with van der Waals surface area (Å²) in [5, 5.41) is 15.5. The molecule has 1 atom stereocenters. The molecule has 2 aromatic heterocycles. The van der Waals surface area contributed by atoms with Gasteiger partial charge >= 0.3 is 0 Å². The Morgan fingerprint density at radius 1 is 1.31 bits per heavy atom. The normalized spacial score (nSPS) is 18.2. The van der Waals surface area contributed by atoms with E-state index in [1.54, 1.807) is 18.7 Å². The van der Waals surface area contributed by atoms with E-state index in [1.807, 2.05) is 42.5 Å². The molecule has 2 aromatic rings. The molecular formula is C27H39N5O2S2. The first-order valence-corrected chi connectivity index (χ1v) is 14.5. The highest BCUT2D eigenvalue weighted by molar-refractivity contribution is 8.02. The predicted molar refractivity (Wildman–Crippen MR) is 152 cm³/mol. The molecule has 1 unspecified atom stereocenters. The first kappa shape index (κ1) is 28.3. The van der Waals surface area contributed by atoms with E-state index in [4.69, 9.17) is 0 Å². The highest BCUT2D eigenvalue weighted by Crippen LogP contribution is 2.42. The molecule has 2 aliphatic rings. The van der Waals surface area contributed by atoms with Gasteiger partial charge in [-0.2, -0.15) is 0 Å². The molecule has 7 nitrogen and oxygen atoms in total. The van der Waals surface area contributed by atoms with Gasteiger partial charge in [-0.05, 0) is 75.6 Å². The van der Waals surface area contributed by atoms with Crippen molar-refractivity contribution < 1.29 is 9.90 Å². The van der Waals surface area contributed by atoms with Crippen LogP contribution in [-0.4, -0.2) is 52.1 Å². The predicted octanol–water partition coefficient (Wildman–Crippen LogP) is 6.20. The molecule has 1 aliphatic carbocycles. The number of carbonyl (C=O) groups excluding carboxylic acids is 1. The third-order valence-corrected chi connectivity index (χ3v) is 8.82. The summed E-state index contributed by atoms with van der Waals surface area (Å²) < 4.78 is 0. The van der Waals surface area contributed by atoms with Crippen LogP contribution in [0.3, 0.4) is 0 Å². The second kappa shape index (κ2) is 13.9. The van der Waals surface area contributed by atoms with Crippen LogP contribution in [0.15, 0.2) is 28.7 Å². The van der Waals surface area contributed by atoms with Crippen LogP contribution in [0, 0.1) is 19.3 Å². The molecule has 0 bridgehead atoms. The van der Waals surface area contributed by atoms with Crippen molar-refractivity contribution in [2.75, 3.05) is 24.3 Å². The number of aromatic nitrogens is 2. The quantitative estimate of drug-likeness (QED) is 0.183. The Hall–Kier alpha value is -2.23. The summed E-state index contributed by atoms with van der Waals surface area (Å²) in [4.78, 5) is 26.4. The van der Waals surface area contributed by atoms with E-state index >= 15 is 0 Å². The van der Waals surface area contributed by atoms with Crippen molar-refractivity contribution in [3.63, 3.8) is 0 Å². The number of thioether (sulfide) groups is 1. The molecule has 1 spiro atoms. The average molecular weight is 530 g/mol. The lowest BCUT2D eigenvalue weighted by atomic mass is 9.69. The van der Waals surface area contributed by atoms with Crippen molar-refractivity contribution in [2.45, 2.75) is 71.8 Å². The lowest BCUT2D eigenvalue weighted by molar-refractivity contribution is -0.122. The molecule has 0 aromatic carbocycles. The van der Waals surface area contributed by atoms with Gasteiger partial charge in [-0.1, -0.05) is 25.3 Å². The minimum Gasteiger partial charge on any atom is -0.386 e. The molecule has 1 aliphatic heterocycles. The molecule has 1 saturated carbocycles. The second-order valence-corrected chi connectivity index (χ2v) is 11.6. The number of aliphatic hydroxyl groups excluding tert-OH is 1. The standard InChI is InChI=1S/C16H20N4OS2.C11H19NO/c1-10-5-6-14(18-7-10)19-9-22-8-13(17-4)15-11(2)20-16(23-15)12(3)21;13-10-12-8-4-7-11(9-12)5-2-1-3-6-11/h5-8,12,21H,4,9H2,1-3H3,(H,18,19);10H,1-9H2/b13-8-;. The first-order valence-electron chi connectivity index (χ1n) is 12.7. The monoisotopic (exact) mass is 529 g/mol. The maximum Gasteiger partial charge on any atom is 0.209 e. The van der Waals surface area contributed by atoms with Gasteiger partial charge in [0, 0.05) is 19.3 Å². The lowest BCUT2D eigenvalue weighted by Crippen LogP contribution is -2.43. The summed E-state index contributed by atoms with van der Waals surface area (Å²) in [6.07, 6.45) is 11.8. The summed E-state index contributed by atoms with van der Waals surface area (Å²) in [5.74, 6) is 1.52. The van der Waals surface area contributed by atoms with Gasteiger partial charge in [0.1, 0.15) is 16.9 Å². The van der Waals surface area contributed by atoms with Crippen molar-refractivity contribution >= 4 is 47.7 Å². The number of thiazole rings is 1. The Bertz CT molecular complexity index is 1010. The van der Waals surface area contributed by atoms with E-state index in [2.05, 4.69) is 27.0 Å². The van der Waals surface area contributed by atoms with E-state index < -0.39 is 6.10 Å². The number of hydrogen-bond acceptors (Lipinski definition) is 8. The lowest BCUT2D eigenvalue weighted by Gasteiger charge is -2.44. The fourth-order valence-electron chi connectivity index (χ4n) is 4.85. The van der Waals surface area contributed by atoms with Gasteiger partial charge in [0.25, 0.3) is 0 Å². The Morgan fingerprint density at radius 2 is 2.06 bits per heavy atom. The van der Waals surface area contributed by atoms with Crippen molar-refractivity contribution in [2.24, 2.45) is 10.4 Å². The number of nitrogens with zero attached hydrogens (tertiary/aromatic N) is 4. The summed E-state index contributed by atoms with van der Waals surface area (Å²) in [5.41, 5.74) is 3.29. The zero-order valence-electron chi connectivity index (χ0n) is 21.7. The topological polar surface area (TPSA) is 90.7 Å². The average Bonchev–Trinajstić information content (AvgIpc) is 3.28. The number of aliphatic hydroxyl groups is 1. The van der Waals surface area contributed by atoms with E-state index in [1.165, 1.54) is 56.3 Å². The molecule has 1 saturated heterocycles. The number of likely N-dealkylation sites (tertiary alicyclic amines) is 1. The molecule has 36 heavy (non-hydrogen) atoms. The number of hydrogen-bond donors (Lipinski definition) is 2.